The lowest BCUT2D eigenvalue weighted by Crippen LogP contribution is -2.17. The van der Waals surface area contributed by atoms with Gasteiger partial charge in [-0.15, -0.1) is 36.3 Å². The van der Waals surface area contributed by atoms with Crippen molar-refractivity contribution in [3.8, 4) is 5.75 Å². The number of carbonyl (C=O) groups is 3. The number of anilines is 1. The molecule has 30 heavy (non-hydrogen) atoms. The first-order valence-electron chi connectivity index (χ1n) is 8.60. The molecule has 0 bridgehead atoms. The van der Waals surface area contributed by atoms with Gasteiger partial charge in [0.1, 0.15) is 10.8 Å². The second-order valence-electron chi connectivity index (χ2n) is 6.38. The largest absolute Gasteiger partial charge is 0.573 e. The first-order valence-corrected chi connectivity index (χ1v) is 10.6. The summed E-state index contributed by atoms with van der Waals surface area (Å²) in [5.74, 6) is -2.66. The van der Waals surface area contributed by atoms with Crippen LogP contribution in [0.4, 0.5) is 18.2 Å². The molecule has 11 heteroatoms. The Labute approximate surface area is 178 Å². The Bertz CT molecular complexity index is 923. The molecule has 1 aromatic carbocycles. The maximum absolute atomic E-state index is 12.9. The molecular formula is C19H18F3NO5S2. The van der Waals surface area contributed by atoms with Crippen molar-refractivity contribution in [1.29, 1.82) is 0 Å². The van der Waals surface area contributed by atoms with Gasteiger partial charge < -0.3 is 15.2 Å². The fourth-order valence-electron chi connectivity index (χ4n) is 2.31. The zero-order valence-corrected chi connectivity index (χ0v) is 17.5. The summed E-state index contributed by atoms with van der Waals surface area (Å²) in [4.78, 5) is 36.4. The lowest BCUT2D eigenvalue weighted by molar-refractivity contribution is -0.274. The van der Waals surface area contributed by atoms with Gasteiger partial charge in [-0.1, -0.05) is 13.8 Å². The highest BCUT2D eigenvalue weighted by atomic mass is 32.2. The summed E-state index contributed by atoms with van der Waals surface area (Å²) in [5.41, 5.74) is 0.346. The van der Waals surface area contributed by atoms with Crippen molar-refractivity contribution in [3.05, 3.63) is 46.3 Å². The summed E-state index contributed by atoms with van der Waals surface area (Å²) in [6.45, 7) is 3.83. The highest BCUT2D eigenvalue weighted by molar-refractivity contribution is 8.00. The second kappa shape index (κ2) is 9.98. The number of carbonyl (C=O) groups excluding carboxylic acids is 2. The number of carboxylic acid groups (broad SMARTS) is 1. The van der Waals surface area contributed by atoms with E-state index in [1.54, 1.807) is 6.07 Å². The maximum atomic E-state index is 12.9. The number of rotatable bonds is 9. The number of amides is 1. The number of thiophene rings is 1. The smallest absolute Gasteiger partial charge is 0.481 e. The van der Waals surface area contributed by atoms with Crippen LogP contribution in [-0.2, 0) is 9.59 Å². The van der Waals surface area contributed by atoms with Crippen molar-refractivity contribution >= 4 is 45.8 Å². The van der Waals surface area contributed by atoms with Crippen LogP contribution in [0.15, 0.2) is 30.3 Å². The van der Waals surface area contributed by atoms with Gasteiger partial charge in [0, 0.05) is 10.4 Å². The molecule has 1 heterocycles. The van der Waals surface area contributed by atoms with Crippen LogP contribution in [-0.4, -0.2) is 40.6 Å². The average Bonchev–Trinajstić information content (AvgIpc) is 3.04. The number of benzene rings is 1. The van der Waals surface area contributed by atoms with Crippen LogP contribution in [0.5, 0.6) is 5.75 Å². The Morgan fingerprint density at radius 1 is 1.17 bits per heavy atom. The Balaban J connectivity index is 2.21. The van der Waals surface area contributed by atoms with Crippen LogP contribution in [0.3, 0.4) is 0 Å². The van der Waals surface area contributed by atoms with E-state index >= 15 is 0 Å². The molecule has 0 fully saturated rings. The summed E-state index contributed by atoms with van der Waals surface area (Å²) in [5, 5.41) is 11.6. The van der Waals surface area contributed by atoms with Gasteiger partial charge in [0.15, 0.2) is 5.78 Å². The molecule has 2 N–H and O–H groups in total. The first-order chi connectivity index (χ1) is 14.0. The molecule has 0 radical (unpaired) electrons. The number of ether oxygens (including phenoxy) is 1. The fourth-order valence-corrected chi connectivity index (χ4v) is 3.92. The van der Waals surface area contributed by atoms with E-state index in [9.17, 15) is 27.6 Å². The number of aliphatic carboxylic acids is 1. The number of thioether (sulfide) groups is 1. The number of hydrogen-bond donors (Lipinski definition) is 2. The molecule has 0 aliphatic carbocycles. The first kappa shape index (κ1) is 23.7. The van der Waals surface area contributed by atoms with E-state index in [4.69, 9.17) is 5.11 Å². The number of alkyl halides is 3. The highest BCUT2D eigenvalue weighted by Gasteiger charge is 2.31. The summed E-state index contributed by atoms with van der Waals surface area (Å²) in [6, 6.07) is 6.14. The molecule has 2 aromatic rings. The van der Waals surface area contributed by atoms with Gasteiger partial charge in [-0.3, -0.25) is 14.4 Å². The van der Waals surface area contributed by atoms with Gasteiger partial charge in [0.25, 0.3) is 0 Å². The lowest BCUT2D eigenvalue weighted by Gasteiger charge is -2.09. The van der Waals surface area contributed by atoms with Gasteiger partial charge >= 0.3 is 12.3 Å². The number of nitrogens with one attached hydrogen (secondary N) is 1. The quantitative estimate of drug-likeness (QED) is 0.523. The SMILES string of the molecule is CC(C)c1cc(C(=O)c2ccc(OC(F)(F)F)cc2)c(NC(=O)CSCC(=O)O)s1. The number of hydrogen-bond acceptors (Lipinski definition) is 6. The molecule has 0 atom stereocenters. The molecule has 0 spiro atoms. The van der Waals surface area contributed by atoms with E-state index in [0.717, 1.165) is 28.8 Å². The molecule has 0 saturated heterocycles. The summed E-state index contributed by atoms with van der Waals surface area (Å²) in [7, 11) is 0. The molecule has 0 aliphatic rings. The molecule has 1 aromatic heterocycles. The Hall–Kier alpha value is -2.53. The third kappa shape index (κ3) is 7.06. The summed E-state index contributed by atoms with van der Waals surface area (Å²) >= 11 is 2.14. The predicted molar refractivity (Wildman–Crippen MR) is 109 cm³/mol. The van der Waals surface area contributed by atoms with Crippen LogP contribution in [0.2, 0.25) is 0 Å². The minimum Gasteiger partial charge on any atom is -0.481 e. The van der Waals surface area contributed by atoms with E-state index in [2.05, 4.69) is 10.1 Å². The number of ketones is 1. The van der Waals surface area contributed by atoms with E-state index < -0.39 is 29.8 Å². The third-order valence-electron chi connectivity index (χ3n) is 3.63. The fraction of sp³-hybridized carbons (Fsp3) is 0.316. The van der Waals surface area contributed by atoms with E-state index in [0.29, 0.717) is 5.00 Å². The third-order valence-corrected chi connectivity index (χ3v) is 5.89. The van der Waals surface area contributed by atoms with Gasteiger partial charge in [-0.2, -0.15) is 0 Å². The number of halogens is 3. The van der Waals surface area contributed by atoms with Gasteiger partial charge in [0.05, 0.1) is 17.1 Å². The van der Waals surface area contributed by atoms with Crippen molar-refractivity contribution in [2.75, 3.05) is 16.8 Å². The van der Waals surface area contributed by atoms with E-state index in [1.165, 1.54) is 23.5 Å². The predicted octanol–water partition coefficient (Wildman–Crippen LogP) is 4.76. The average molecular weight is 461 g/mol. The maximum Gasteiger partial charge on any atom is 0.573 e. The minimum atomic E-state index is -4.83. The van der Waals surface area contributed by atoms with Crippen LogP contribution in [0, 0.1) is 0 Å². The monoisotopic (exact) mass is 461 g/mol. The second-order valence-corrected chi connectivity index (χ2v) is 8.45. The van der Waals surface area contributed by atoms with Crippen molar-refractivity contribution < 1.29 is 37.4 Å². The molecule has 0 unspecified atom stereocenters. The summed E-state index contributed by atoms with van der Waals surface area (Å²) < 4.78 is 40.7. The molecule has 0 aliphatic heterocycles. The van der Waals surface area contributed by atoms with Crippen molar-refractivity contribution in [2.24, 2.45) is 0 Å². The normalized spacial score (nSPS) is 11.4. The van der Waals surface area contributed by atoms with Crippen LogP contribution < -0.4 is 10.1 Å². The molecule has 6 nitrogen and oxygen atoms in total. The number of carboxylic acids is 1. The van der Waals surface area contributed by atoms with Crippen molar-refractivity contribution in [3.63, 3.8) is 0 Å². The topological polar surface area (TPSA) is 92.7 Å². The highest BCUT2D eigenvalue weighted by Crippen LogP contribution is 2.35. The molecular weight excluding hydrogens is 443 g/mol. The molecule has 162 valence electrons. The van der Waals surface area contributed by atoms with E-state index in [1.807, 2.05) is 13.8 Å². The van der Waals surface area contributed by atoms with Crippen molar-refractivity contribution in [2.45, 2.75) is 26.1 Å². The zero-order chi connectivity index (χ0) is 22.5. The van der Waals surface area contributed by atoms with Crippen molar-refractivity contribution in [1.82, 2.24) is 0 Å². The standard InChI is InChI=1S/C19H18F3NO5S2/c1-10(2)14-7-13(18(30-14)23-15(24)8-29-9-16(25)26)17(27)11-3-5-12(6-4-11)28-19(20,21)22/h3-7,10H,8-9H2,1-2H3,(H,23,24)(H,25,26). The van der Waals surface area contributed by atoms with Gasteiger partial charge in [-0.25, -0.2) is 0 Å². The van der Waals surface area contributed by atoms with E-state index in [-0.39, 0.29) is 28.6 Å². The minimum absolute atomic E-state index is 0.0798. The molecule has 2 rings (SSSR count). The lowest BCUT2D eigenvalue weighted by atomic mass is 10.0. The Morgan fingerprint density at radius 3 is 2.33 bits per heavy atom. The zero-order valence-electron chi connectivity index (χ0n) is 15.9. The molecule has 0 saturated carbocycles. The van der Waals surface area contributed by atoms with Crippen LogP contribution in [0.1, 0.15) is 40.6 Å². The van der Waals surface area contributed by atoms with Crippen LogP contribution >= 0.6 is 23.1 Å². The summed E-state index contributed by atoms with van der Waals surface area (Å²) in [6.07, 6.45) is -4.83. The van der Waals surface area contributed by atoms with Gasteiger partial charge in [0.2, 0.25) is 5.91 Å². The van der Waals surface area contributed by atoms with Gasteiger partial charge in [-0.05, 0) is 36.2 Å². The Morgan fingerprint density at radius 2 is 1.80 bits per heavy atom. The van der Waals surface area contributed by atoms with Crippen LogP contribution in [0.25, 0.3) is 0 Å². The Kier molecular flexibility index (Phi) is 7.90. The molecule has 1 amide bonds.